The molecule has 1 heterocycles. The lowest BCUT2D eigenvalue weighted by molar-refractivity contribution is 0.391. The van der Waals surface area contributed by atoms with Gasteiger partial charge in [0.2, 0.25) is 0 Å². The van der Waals surface area contributed by atoms with Crippen LogP contribution in [0.1, 0.15) is 44.4 Å². The van der Waals surface area contributed by atoms with E-state index >= 15 is 0 Å². The first kappa shape index (κ1) is 14.3. The quantitative estimate of drug-likeness (QED) is 0.829. The lowest BCUT2D eigenvalue weighted by Crippen LogP contribution is -2.25. The zero-order valence-electron chi connectivity index (χ0n) is 11.9. The molecule has 1 aromatic heterocycles. The molecule has 3 nitrogen and oxygen atoms in total. The second kappa shape index (κ2) is 5.87. The van der Waals surface area contributed by atoms with E-state index in [-0.39, 0.29) is 0 Å². The zero-order valence-corrected chi connectivity index (χ0v) is 12.8. The Bertz CT molecular complexity index is 472. The van der Waals surface area contributed by atoms with Crippen LogP contribution in [-0.2, 0) is 0 Å². The van der Waals surface area contributed by atoms with Crippen molar-refractivity contribution < 1.29 is 0 Å². The number of nitrogens with zero attached hydrogens (tertiary/aromatic N) is 1. The third-order valence-corrected chi connectivity index (χ3v) is 4.56. The number of pyridine rings is 1. The number of anilines is 1. The van der Waals surface area contributed by atoms with Crippen LogP contribution in [0.25, 0.3) is 0 Å². The van der Waals surface area contributed by atoms with Gasteiger partial charge in [-0.1, -0.05) is 32.5 Å². The van der Waals surface area contributed by atoms with Crippen molar-refractivity contribution in [2.75, 3.05) is 5.32 Å². The van der Waals surface area contributed by atoms with Gasteiger partial charge in [0.15, 0.2) is 0 Å². The Kier molecular flexibility index (Phi) is 4.40. The largest absolute Gasteiger partial charge is 0.389 e. The first-order chi connectivity index (χ1) is 9.01. The van der Waals surface area contributed by atoms with E-state index in [4.69, 9.17) is 18.0 Å². The van der Waals surface area contributed by atoms with Crippen molar-refractivity contribution in [2.45, 2.75) is 46.1 Å². The molecule has 19 heavy (non-hydrogen) atoms. The molecule has 104 valence electrons. The van der Waals surface area contributed by atoms with Crippen LogP contribution in [0.15, 0.2) is 12.1 Å². The fraction of sp³-hybridized carbons (Fsp3) is 0.600. The maximum Gasteiger partial charge on any atom is 0.127 e. The van der Waals surface area contributed by atoms with E-state index in [0.29, 0.717) is 16.9 Å². The van der Waals surface area contributed by atoms with Gasteiger partial charge in [0.25, 0.3) is 0 Å². The summed E-state index contributed by atoms with van der Waals surface area (Å²) in [6, 6.07) is 4.40. The number of nitrogens with one attached hydrogen (secondary N) is 1. The van der Waals surface area contributed by atoms with Crippen molar-refractivity contribution in [1.82, 2.24) is 4.98 Å². The highest BCUT2D eigenvalue weighted by atomic mass is 32.1. The monoisotopic (exact) mass is 277 g/mol. The van der Waals surface area contributed by atoms with Crippen LogP contribution in [0.5, 0.6) is 0 Å². The van der Waals surface area contributed by atoms with E-state index in [1.54, 1.807) is 0 Å². The molecule has 0 saturated heterocycles. The predicted octanol–water partition coefficient (Wildman–Crippen LogP) is 3.26. The summed E-state index contributed by atoms with van der Waals surface area (Å²) >= 11 is 5.05. The van der Waals surface area contributed by atoms with Gasteiger partial charge in [-0.05, 0) is 43.7 Å². The normalized spacial score (nSPS) is 26.4. The fourth-order valence-electron chi connectivity index (χ4n) is 3.10. The molecule has 3 unspecified atom stereocenters. The topological polar surface area (TPSA) is 50.9 Å². The Balaban J connectivity index is 2.13. The smallest absolute Gasteiger partial charge is 0.127 e. The second-order valence-electron chi connectivity index (χ2n) is 5.60. The molecule has 1 aliphatic rings. The Labute approximate surface area is 121 Å². The molecule has 3 atom stereocenters. The van der Waals surface area contributed by atoms with Crippen molar-refractivity contribution in [1.29, 1.82) is 0 Å². The first-order valence-corrected chi connectivity index (χ1v) is 7.47. The molecule has 4 heteroatoms. The van der Waals surface area contributed by atoms with E-state index in [1.807, 2.05) is 19.1 Å². The summed E-state index contributed by atoms with van der Waals surface area (Å²) < 4.78 is 0. The lowest BCUT2D eigenvalue weighted by Gasteiger charge is -2.22. The van der Waals surface area contributed by atoms with E-state index in [0.717, 1.165) is 23.0 Å². The third-order valence-electron chi connectivity index (χ3n) is 4.32. The minimum Gasteiger partial charge on any atom is -0.389 e. The molecule has 0 bridgehead atoms. The molecular formula is C15H23N3S. The number of hydrogen-bond acceptors (Lipinski definition) is 3. The summed E-state index contributed by atoms with van der Waals surface area (Å²) in [6.45, 7) is 6.59. The van der Waals surface area contributed by atoms with E-state index in [2.05, 4.69) is 24.1 Å². The van der Waals surface area contributed by atoms with E-state index in [9.17, 15) is 0 Å². The van der Waals surface area contributed by atoms with Gasteiger partial charge in [0.05, 0.1) is 0 Å². The summed E-state index contributed by atoms with van der Waals surface area (Å²) in [7, 11) is 0. The summed E-state index contributed by atoms with van der Waals surface area (Å²) in [4.78, 5) is 4.97. The van der Waals surface area contributed by atoms with Gasteiger partial charge < -0.3 is 11.1 Å². The van der Waals surface area contributed by atoms with Gasteiger partial charge in [0.1, 0.15) is 10.8 Å². The van der Waals surface area contributed by atoms with Crippen molar-refractivity contribution in [3.63, 3.8) is 0 Å². The standard InChI is InChI=1S/C15H23N3S/c1-4-11-5-6-13(10(11)3)18-14-8-12(15(16)19)7-9(2)17-14/h7-8,10-11,13H,4-6H2,1-3H3,(H2,16,19)(H,17,18). The molecule has 1 aromatic rings. The summed E-state index contributed by atoms with van der Waals surface area (Å²) in [5.41, 5.74) is 7.55. The van der Waals surface area contributed by atoms with E-state index in [1.165, 1.54) is 19.3 Å². The van der Waals surface area contributed by atoms with Gasteiger partial charge in [0, 0.05) is 17.3 Å². The molecule has 0 aromatic carbocycles. The molecule has 3 N–H and O–H groups in total. The highest BCUT2D eigenvalue weighted by Crippen LogP contribution is 2.35. The van der Waals surface area contributed by atoms with Crippen LogP contribution < -0.4 is 11.1 Å². The number of aryl methyl sites for hydroxylation is 1. The number of rotatable bonds is 4. The predicted molar refractivity (Wildman–Crippen MR) is 84.5 cm³/mol. The fourth-order valence-corrected chi connectivity index (χ4v) is 3.22. The average molecular weight is 277 g/mol. The van der Waals surface area contributed by atoms with Crippen LogP contribution in [0.4, 0.5) is 5.82 Å². The SMILES string of the molecule is CCC1CCC(Nc2cc(C(N)=S)cc(C)n2)C1C. The molecule has 0 aliphatic heterocycles. The minimum atomic E-state index is 0.430. The second-order valence-corrected chi connectivity index (χ2v) is 6.04. The number of hydrogen-bond donors (Lipinski definition) is 2. The zero-order chi connectivity index (χ0) is 14.0. The van der Waals surface area contributed by atoms with Crippen molar-refractivity contribution in [3.8, 4) is 0 Å². The van der Waals surface area contributed by atoms with E-state index < -0.39 is 0 Å². The Morgan fingerprint density at radius 2 is 2.21 bits per heavy atom. The van der Waals surface area contributed by atoms with Gasteiger partial charge >= 0.3 is 0 Å². The lowest BCUT2D eigenvalue weighted by atomic mass is 9.93. The molecule has 2 rings (SSSR count). The summed E-state index contributed by atoms with van der Waals surface area (Å²) in [5, 5.41) is 3.56. The number of nitrogens with two attached hydrogens (primary N) is 1. The molecule has 0 radical (unpaired) electrons. The minimum absolute atomic E-state index is 0.430. The molecule has 1 aliphatic carbocycles. The van der Waals surface area contributed by atoms with Crippen LogP contribution in [-0.4, -0.2) is 16.0 Å². The Hall–Kier alpha value is -1.16. The van der Waals surface area contributed by atoms with Crippen LogP contribution in [0, 0.1) is 18.8 Å². The number of thiocarbonyl (C=S) groups is 1. The van der Waals surface area contributed by atoms with Crippen molar-refractivity contribution >= 4 is 23.0 Å². The van der Waals surface area contributed by atoms with Crippen LogP contribution in [0.3, 0.4) is 0 Å². The van der Waals surface area contributed by atoms with Crippen molar-refractivity contribution in [3.05, 3.63) is 23.4 Å². The third kappa shape index (κ3) is 3.24. The summed E-state index contributed by atoms with van der Waals surface area (Å²) in [5.74, 6) is 2.43. The summed E-state index contributed by atoms with van der Waals surface area (Å²) in [6.07, 6.45) is 3.79. The average Bonchev–Trinajstić information content (AvgIpc) is 2.70. The molecular weight excluding hydrogens is 254 g/mol. The van der Waals surface area contributed by atoms with Crippen molar-refractivity contribution in [2.24, 2.45) is 17.6 Å². The van der Waals surface area contributed by atoms with Gasteiger partial charge in [-0.15, -0.1) is 0 Å². The molecule has 1 saturated carbocycles. The van der Waals surface area contributed by atoms with Crippen LogP contribution in [0.2, 0.25) is 0 Å². The molecule has 0 spiro atoms. The highest BCUT2D eigenvalue weighted by molar-refractivity contribution is 7.80. The maximum absolute atomic E-state index is 5.71. The van der Waals surface area contributed by atoms with Gasteiger partial charge in [-0.25, -0.2) is 4.98 Å². The van der Waals surface area contributed by atoms with Gasteiger partial charge in [-0.2, -0.15) is 0 Å². The Morgan fingerprint density at radius 3 is 2.79 bits per heavy atom. The first-order valence-electron chi connectivity index (χ1n) is 7.06. The van der Waals surface area contributed by atoms with Gasteiger partial charge in [-0.3, -0.25) is 0 Å². The highest BCUT2D eigenvalue weighted by Gasteiger charge is 2.31. The Morgan fingerprint density at radius 1 is 1.47 bits per heavy atom. The molecule has 0 amide bonds. The molecule has 1 fully saturated rings. The maximum atomic E-state index is 5.71. The number of aromatic nitrogens is 1. The van der Waals surface area contributed by atoms with Crippen LogP contribution >= 0.6 is 12.2 Å².